The van der Waals surface area contributed by atoms with Gasteiger partial charge in [-0.3, -0.25) is 9.59 Å². The van der Waals surface area contributed by atoms with Crippen LogP contribution in [0.25, 0.3) is 0 Å². The summed E-state index contributed by atoms with van der Waals surface area (Å²) in [5, 5.41) is 33.7. The highest BCUT2D eigenvalue weighted by atomic mass is 32.2. The molecular weight excluding hydrogens is 448 g/mol. The molecule has 0 bridgehead atoms. The average Bonchev–Trinajstić information content (AvgIpc) is 3.46. The molecule has 4 aliphatic heterocycles. The second-order valence-electron chi connectivity index (χ2n) is 9.76. The van der Waals surface area contributed by atoms with Crippen LogP contribution in [-0.2, 0) is 14.4 Å². The fourth-order valence-corrected chi connectivity index (χ4v) is 7.17. The molecule has 33 heavy (non-hydrogen) atoms. The van der Waals surface area contributed by atoms with E-state index in [4.69, 9.17) is 5.73 Å². The van der Waals surface area contributed by atoms with E-state index >= 15 is 0 Å². The largest absolute Gasteiger partial charge is 0.477 e. The molecule has 10 nitrogen and oxygen atoms in total. The summed E-state index contributed by atoms with van der Waals surface area (Å²) in [6.45, 7) is 5.91. The average molecular weight is 483 g/mol. The van der Waals surface area contributed by atoms with E-state index in [0.29, 0.717) is 43.4 Å². The van der Waals surface area contributed by atoms with Gasteiger partial charge in [-0.05, 0) is 32.2 Å². The van der Waals surface area contributed by atoms with Crippen LogP contribution in [0, 0.1) is 17.8 Å². The van der Waals surface area contributed by atoms with Gasteiger partial charge in [-0.25, -0.2) is 4.79 Å². The number of aliphatic hydroxyl groups excluding tert-OH is 2. The van der Waals surface area contributed by atoms with Crippen LogP contribution >= 0.6 is 11.8 Å². The van der Waals surface area contributed by atoms with Crippen LogP contribution in [0.1, 0.15) is 33.1 Å². The summed E-state index contributed by atoms with van der Waals surface area (Å²) in [5.74, 6) is -1.99. The minimum absolute atomic E-state index is 0.0127. The summed E-state index contributed by atoms with van der Waals surface area (Å²) in [5.41, 5.74) is 5.71. The highest BCUT2D eigenvalue weighted by Gasteiger charge is 2.60. The molecule has 3 saturated heterocycles. The molecule has 4 aliphatic rings. The summed E-state index contributed by atoms with van der Waals surface area (Å²) in [6, 6.07) is -0.592. The molecule has 184 valence electrons. The van der Waals surface area contributed by atoms with E-state index in [9.17, 15) is 29.7 Å². The quantitative estimate of drug-likeness (QED) is 0.278. The van der Waals surface area contributed by atoms with Crippen LogP contribution in [0.5, 0.6) is 0 Å². The summed E-state index contributed by atoms with van der Waals surface area (Å²) >= 11 is 1.43. The Kier molecular flexibility index (Phi) is 7.07. The summed E-state index contributed by atoms with van der Waals surface area (Å²) in [7, 11) is 0. The van der Waals surface area contributed by atoms with Crippen molar-refractivity contribution in [2.24, 2.45) is 23.5 Å². The van der Waals surface area contributed by atoms with Gasteiger partial charge in [0.25, 0.3) is 0 Å². The van der Waals surface area contributed by atoms with Crippen molar-refractivity contribution in [3.8, 4) is 0 Å². The SMILES string of the molecule is CC(O)C1C(=O)N2C(C(=O)O)=C(SC3CNC(C(O)CC(=O)N4CCC(CN)C4)C3)C(C)[C@@H]12. The van der Waals surface area contributed by atoms with Gasteiger partial charge in [-0.1, -0.05) is 6.92 Å². The van der Waals surface area contributed by atoms with Crippen molar-refractivity contribution in [1.29, 1.82) is 0 Å². The highest BCUT2D eigenvalue weighted by Crippen LogP contribution is 2.51. The van der Waals surface area contributed by atoms with Gasteiger partial charge in [0.15, 0.2) is 0 Å². The lowest BCUT2D eigenvalue weighted by Crippen LogP contribution is -2.63. The van der Waals surface area contributed by atoms with Crippen molar-refractivity contribution in [2.75, 3.05) is 26.2 Å². The van der Waals surface area contributed by atoms with E-state index in [1.807, 2.05) is 6.92 Å². The molecule has 4 heterocycles. The predicted molar refractivity (Wildman–Crippen MR) is 122 cm³/mol. The van der Waals surface area contributed by atoms with Gasteiger partial charge in [0.05, 0.1) is 30.6 Å². The van der Waals surface area contributed by atoms with Crippen molar-refractivity contribution in [2.45, 2.75) is 62.7 Å². The second kappa shape index (κ2) is 9.53. The van der Waals surface area contributed by atoms with Crippen LogP contribution in [0.4, 0.5) is 0 Å². The lowest BCUT2D eigenvalue weighted by molar-refractivity contribution is -0.163. The lowest BCUT2D eigenvalue weighted by atomic mass is 9.79. The number of carboxylic acids is 1. The molecule has 0 radical (unpaired) electrons. The number of fused-ring (bicyclic) bond motifs is 1. The molecule has 0 aliphatic carbocycles. The second-order valence-corrected chi connectivity index (χ2v) is 11.1. The minimum atomic E-state index is -1.14. The van der Waals surface area contributed by atoms with Gasteiger partial charge < -0.3 is 36.2 Å². The number of likely N-dealkylation sites (tertiary alicyclic amines) is 1. The topological polar surface area (TPSA) is 156 Å². The summed E-state index contributed by atoms with van der Waals surface area (Å²) < 4.78 is 0. The number of amides is 2. The number of nitrogens with two attached hydrogens (primary N) is 1. The van der Waals surface area contributed by atoms with Gasteiger partial charge in [0, 0.05) is 41.7 Å². The fourth-order valence-electron chi connectivity index (χ4n) is 5.68. The molecule has 7 unspecified atom stereocenters. The first-order valence-electron chi connectivity index (χ1n) is 11.7. The van der Waals surface area contributed by atoms with Crippen molar-refractivity contribution in [3.05, 3.63) is 10.6 Å². The number of carbonyl (C=O) groups excluding carboxylic acids is 2. The van der Waals surface area contributed by atoms with E-state index in [1.165, 1.54) is 16.7 Å². The lowest BCUT2D eigenvalue weighted by Gasteiger charge is -2.46. The number of hydrogen-bond acceptors (Lipinski definition) is 8. The maximum absolute atomic E-state index is 12.6. The first-order valence-corrected chi connectivity index (χ1v) is 12.6. The molecule has 3 fully saturated rings. The maximum Gasteiger partial charge on any atom is 0.353 e. The Morgan fingerprint density at radius 3 is 2.67 bits per heavy atom. The van der Waals surface area contributed by atoms with Gasteiger partial charge in [-0.2, -0.15) is 0 Å². The zero-order valence-corrected chi connectivity index (χ0v) is 19.8. The molecule has 8 atom stereocenters. The van der Waals surface area contributed by atoms with Crippen LogP contribution in [-0.4, -0.2) is 98.6 Å². The van der Waals surface area contributed by atoms with E-state index in [1.54, 1.807) is 11.8 Å². The Morgan fingerprint density at radius 1 is 1.33 bits per heavy atom. The standard InChI is InChI=1S/C22H34N4O6S/c1-10-18-17(11(2)27)21(30)26(18)19(22(31)32)20(10)33-13-5-14(24-8-13)15(28)6-16(29)25-4-3-12(7-23)9-25/h10-15,17-18,24,27-28H,3-9,23H2,1-2H3,(H,31,32)/t10?,11?,12?,13?,14?,15?,17?,18-/m0/s1. The number of rotatable bonds is 8. The normalized spacial score (nSPS) is 35.6. The third kappa shape index (κ3) is 4.41. The molecule has 0 aromatic carbocycles. The molecule has 4 rings (SSSR count). The first kappa shape index (κ1) is 24.5. The molecular formula is C22H34N4O6S. The summed E-state index contributed by atoms with van der Waals surface area (Å²) in [6.07, 6.45) is -0.121. The van der Waals surface area contributed by atoms with E-state index in [-0.39, 0.29) is 47.2 Å². The molecule has 6 N–H and O–H groups in total. The monoisotopic (exact) mass is 482 g/mol. The summed E-state index contributed by atoms with van der Waals surface area (Å²) in [4.78, 5) is 40.8. The van der Waals surface area contributed by atoms with Gasteiger partial charge in [0.2, 0.25) is 11.8 Å². The number of hydrogen-bond donors (Lipinski definition) is 5. The molecule has 0 spiro atoms. The van der Waals surface area contributed by atoms with Gasteiger partial charge >= 0.3 is 5.97 Å². The Hall–Kier alpha value is -1.66. The first-order chi connectivity index (χ1) is 15.6. The number of carboxylic acid groups (broad SMARTS) is 1. The van der Waals surface area contributed by atoms with E-state index in [2.05, 4.69) is 5.32 Å². The van der Waals surface area contributed by atoms with E-state index in [0.717, 1.165) is 6.42 Å². The van der Waals surface area contributed by atoms with Gasteiger partial charge in [0.1, 0.15) is 5.70 Å². The third-order valence-electron chi connectivity index (χ3n) is 7.55. The highest BCUT2D eigenvalue weighted by molar-refractivity contribution is 8.03. The maximum atomic E-state index is 12.6. The number of β-lactam (4-membered cyclic amide) rings is 1. The van der Waals surface area contributed by atoms with Crippen molar-refractivity contribution in [1.82, 2.24) is 15.1 Å². The Balaban J connectivity index is 1.36. The van der Waals surface area contributed by atoms with Crippen LogP contribution in [0.15, 0.2) is 10.6 Å². The number of aliphatic hydroxyl groups is 2. The van der Waals surface area contributed by atoms with Crippen LogP contribution in [0.3, 0.4) is 0 Å². The molecule has 2 amide bonds. The molecule has 0 saturated carbocycles. The zero-order valence-electron chi connectivity index (χ0n) is 19.0. The molecule has 0 aromatic heterocycles. The Morgan fingerprint density at radius 2 is 2.06 bits per heavy atom. The third-order valence-corrected chi connectivity index (χ3v) is 9.06. The molecule has 0 aromatic rings. The van der Waals surface area contributed by atoms with Crippen LogP contribution in [0.2, 0.25) is 0 Å². The number of carbonyl (C=O) groups is 3. The van der Waals surface area contributed by atoms with Crippen molar-refractivity contribution in [3.63, 3.8) is 0 Å². The van der Waals surface area contributed by atoms with Crippen LogP contribution < -0.4 is 11.1 Å². The number of thioether (sulfide) groups is 1. The van der Waals surface area contributed by atoms with Crippen molar-refractivity contribution < 1.29 is 29.7 Å². The van der Waals surface area contributed by atoms with Crippen molar-refractivity contribution >= 4 is 29.5 Å². The minimum Gasteiger partial charge on any atom is -0.477 e. The zero-order chi connectivity index (χ0) is 24.0. The Bertz CT molecular complexity index is 851. The predicted octanol–water partition coefficient (Wildman–Crippen LogP) is -0.838. The fraction of sp³-hybridized carbons (Fsp3) is 0.773. The van der Waals surface area contributed by atoms with E-state index < -0.39 is 24.1 Å². The Labute approximate surface area is 197 Å². The number of aliphatic carboxylic acids is 1. The number of nitrogens with one attached hydrogen (secondary N) is 1. The number of nitrogens with zero attached hydrogens (tertiary/aromatic N) is 2. The smallest absolute Gasteiger partial charge is 0.353 e. The molecule has 11 heteroatoms. The van der Waals surface area contributed by atoms with Gasteiger partial charge in [-0.15, -0.1) is 11.8 Å².